The summed E-state index contributed by atoms with van der Waals surface area (Å²) in [5.41, 5.74) is 0.997. The quantitative estimate of drug-likeness (QED) is 0.826. The molecule has 7 heteroatoms. The normalized spacial score (nSPS) is 15.4. The standard InChI is InChI=1S/C14H23ClN2O3S/c1-11(9-13-5-7-14(15)8-6-13)17(10-12(2)18)21(19,20)16(3)4/h5-8,11-12,18H,9-10H2,1-4H3/t11?,12-/m1/s1. The van der Waals surface area contributed by atoms with Crippen LogP contribution in [-0.4, -0.2) is 54.9 Å². The van der Waals surface area contributed by atoms with Crippen molar-refractivity contribution in [1.82, 2.24) is 8.61 Å². The van der Waals surface area contributed by atoms with Gasteiger partial charge < -0.3 is 5.11 Å². The summed E-state index contributed by atoms with van der Waals surface area (Å²) in [5.74, 6) is 0. The Morgan fingerprint density at radius 3 is 2.14 bits per heavy atom. The number of hydrogen-bond acceptors (Lipinski definition) is 3. The summed E-state index contributed by atoms with van der Waals surface area (Å²) in [6.07, 6.45) is -0.177. The van der Waals surface area contributed by atoms with Crippen LogP contribution in [0.25, 0.3) is 0 Å². The molecular weight excluding hydrogens is 312 g/mol. The van der Waals surface area contributed by atoms with Gasteiger partial charge in [-0.1, -0.05) is 23.7 Å². The van der Waals surface area contributed by atoms with Gasteiger partial charge in [0.25, 0.3) is 10.2 Å². The van der Waals surface area contributed by atoms with Crippen molar-refractivity contribution in [3.05, 3.63) is 34.9 Å². The van der Waals surface area contributed by atoms with Crippen LogP contribution in [0.15, 0.2) is 24.3 Å². The number of aliphatic hydroxyl groups is 1. The molecule has 0 saturated heterocycles. The molecule has 0 heterocycles. The minimum atomic E-state index is -3.58. The van der Waals surface area contributed by atoms with Gasteiger partial charge >= 0.3 is 0 Å². The van der Waals surface area contributed by atoms with E-state index < -0.39 is 16.3 Å². The van der Waals surface area contributed by atoms with Crippen LogP contribution in [-0.2, 0) is 16.6 Å². The number of halogens is 1. The first kappa shape index (κ1) is 18.4. The summed E-state index contributed by atoms with van der Waals surface area (Å²) in [5, 5.41) is 10.2. The fourth-order valence-corrected chi connectivity index (χ4v) is 3.51. The first-order chi connectivity index (χ1) is 9.64. The highest BCUT2D eigenvalue weighted by Crippen LogP contribution is 2.17. The first-order valence-electron chi connectivity index (χ1n) is 6.76. The van der Waals surface area contributed by atoms with Crippen LogP contribution < -0.4 is 0 Å². The van der Waals surface area contributed by atoms with Gasteiger partial charge in [0.05, 0.1) is 6.10 Å². The molecule has 1 aromatic carbocycles. The predicted molar refractivity (Wildman–Crippen MR) is 85.6 cm³/mol. The van der Waals surface area contributed by atoms with Gasteiger partial charge in [-0.3, -0.25) is 0 Å². The molecule has 0 aromatic heterocycles. The maximum Gasteiger partial charge on any atom is 0.281 e. The van der Waals surface area contributed by atoms with E-state index in [0.29, 0.717) is 11.4 Å². The summed E-state index contributed by atoms with van der Waals surface area (Å²) >= 11 is 5.85. The monoisotopic (exact) mass is 334 g/mol. The number of rotatable bonds is 7. The molecule has 1 aromatic rings. The maximum absolute atomic E-state index is 12.4. The molecule has 0 fully saturated rings. The van der Waals surface area contributed by atoms with E-state index in [1.165, 1.54) is 18.4 Å². The van der Waals surface area contributed by atoms with E-state index in [-0.39, 0.29) is 12.6 Å². The lowest BCUT2D eigenvalue weighted by Crippen LogP contribution is -2.48. The van der Waals surface area contributed by atoms with Crippen LogP contribution in [0.2, 0.25) is 5.02 Å². The van der Waals surface area contributed by atoms with E-state index >= 15 is 0 Å². The minimum absolute atomic E-state index is 0.0648. The van der Waals surface area contributed by atoms with Crippen molar-refractivity contribution in [3.8, 4) is 0 Å². The molecule has 0 amide bonds. The zero-order valence-electron chi connectivity index (χ0n) is 12.8. The largest absolute Gasteiger partial charge is 0.392 e. The maximum atomic E-state index is 12.4. The van der Waals surface area contributed by atoms with Crippen LogP contribution in [0.4, 0.5) is 0 Å². The zero-order chi connectivity index (χ0) is 16.2. The average Bonchev–Trinajstić information content (AvgIpc) is 2.38. The van der Waals surface area contributed by atoms with Crippen LogP contribution >= 0.6 is 11.6 Å². The molecule has 0 aliphatic heterocycles. The van der Waals surface area contributed by atoms with Crippen LogP contribution in [0.1, 0.15) is 19.4 Å². The van der Waals surface area contributed by atoms with Crippen LogP contribution in [0, 0.1) is 0 Å². The van der Waals surface area contributed by atoms with Crippen molar-refractivity contribution in [3.63, 3.8) is 0 Å². The van der Waals surface area contributed by atoms with Crippen LogP contribution in [0.3, 0.4) is 0 Å². The smallest absolute Gasteiger partial charge is 0.281 e. The van der Waals surface area contributed by atoms with Crippen molar-refractivity contribution in [2.45, 2.75) is 32.4 Å². The molecule has 0 aliphatic carbocycles. The lowest BCUT2D eigenvalue weighted by atomic mass is 10.1. The fourth-order valence-electron chi connectivity index (χ4n) is 2.04. The highest BCUT2D eigenvalue weighted by molar-refractivity contribution is 7.86. The molecule has 0 radical (unpaired) electrons. The van der Waals surface area contributed by atoms with Crippen LogP contribution in [0.5, 0.6) is 0 Å². The first-order valence-corrected chi connectivity index (χ1v) is 8.54. The third kappa shape index (κ3) is 5.23. The molecular formula is C14H23ClN2O3S. The van der Waals surface area contributed by atoms with Gasteiger partial charge in [0.15, 0.2) is 0 Å². The Morgan fingerprint density at radius 1 is 1.19 bits per heavy atom. The second kappa shape index (κ2) is 7.56. The Kier molecular flexibility index (Phi) is 6.62. The van der Waals surface area contributed by atoms with Crippen molar-refractivity contribution < 1.29 is 13.5 Å². The van der Waals surface area contributed by atoms with Gasteiger partial charge in [-0.2, -0.15) is 17.0 Å². The molecule has 21 heavy (non-hydrogen) atoms. The second-order valence-electron chi connectivity index (χ2n) is 5.39. The summed E-state index contributed by atoms with van der Waals surface area (Å²) in [4.78, 5) is 0. The molecule has 5 nitrogen and oxygen atoms in total. The van der Waals surface area contributed by atoms with E-state index in [4.69, 9.17) is 11.6 Å². The molecule has 1 rings (SSSR count). The average molecular weight is 335 g/mol. The van der Waals surface area contributed by atoms with E-state index in [9.17, 15) is 13.5 Å². The highest BCUT2D eigenvalue weighted by atomic mass is 35.5. The number of nitrogens with zero attached hydrogens (tertiary/aromatic N) is 2. The van der Waals surface area contributed by atoms with Crippen molar-refractivity contribution in [2.24, 2.45) is 0 Å². The number of hydrogen-bond donors (Lipinski definition) is 1. The van der Waals surface area contributed by atoms with E-state index in [0.717, 1.165) is 9.87 Å². The molecule has 0 aliphatic rings. The number of benzene rings is 1. The van der Waals surface area contributed by atoms with Crippen molar-refractivity contribution in [2.75, 3.05) is 20.6 Å². The van der Waals surface area contributed by atoms with Crippen molar-refractivity contribution >= 4 is 21.8 Å². The number of aliphatic hydroxyl groups excluding tert-OH is 1. The van der Waals surface area contributed by atoms with Gasteiger partial charge in [-0.15, -0.1) is 0 Å². The zero-order valence-corrected chi connectivity index (χ0v) is 14.4. The minimum Gasteiger partial charge on any atom is -0.392 e. The molecule has 1 N–H and O–H groups in total. The third-order valence-electron chi connectivity index (χ3n) is 3.14. The van der Waals surface area contributed by atoms with E-state index in [1.54, 1.807) is 19.1 Å². The predicted octanol–water partition coefficient (Wildman–Crippen LogP) is 1.76. The summed E-state index contributed by atoms with van der Waals surface area (Å²) in [6, 6.07) is 7.04. The molecule has 2 atom stereocenters. The highest BCUT2D eigenvalue weighted by Gasteiger charge is 2.30. The van der Waals surface area contributed by atoms with Crippen molar-refractivity contribution in [1.29, 1.82) is 0 Å². The molecule has 1 unspecified atom stereocenters. The summed E-state index contributed by atoms with van der Waals surface area (Å²) in [7, 11) is -0.610. The fraction of sp³-hybridized carbons (Fsp3) is 0.571. The third-order valence-corrected chi connectivity index (χ3v) is 5.41. The molecule has 0 spiro atoms. The molecule has 0 bridgehead atoms. The van der Waals surface area contributed by atoms with E-state index in [2.05, 4.69) is 0 Å². The Balaban J connectivity index is 2.95. The topological polar surface area (TPSA) is 60.9 Å². The van der Waals surface area contributed by atoms with Gasteiger partial charge in [-0.25, -0.2) is 0 Å². The second-order valence-corrected chi connectivity index (χ2v) is 7.92. The van der Waals surface area contributed by atoms with Gasteiger partial charge in [0, 0.05) is 31.7 Å². The Hall–Kier alpha value is -0.660. The lowest BCUT2D eigenvalue weighted by molar-refractivity contribution is 0.147. The SMILES string of the molecule is CC(Cc1ccc(Cl)cc1)N(C[C@@H](C)O)S(=O)(=O)N(C)C. The van der Waals surface area contributed by atoms with Gasteiger partial charge in [0.2, 0.25) is 0 Å². The molecule has 0 saturated carbocycles. The summed E-state index contributed by atoms with van der Waals surface area (Å²) in [6.45, 7) is 3.47. The lowest BCUT2D eigenvalue weighted by Gasteiger charge is -2.31. The Labute approximate surface area is 132 Å². The Bertz CT molecular complexity index is 544. The molecule has 120 valence electrons. The summed E-state index contributed by atoms with van der Waals surface area (Å²) < 4.78 is 27.2. The van der Waals surface area contributed by atoms with E-state index in [1.807, 2.05) is 19.1 Å². The Morgan fingerprint density at radius 2 is 1.71 bits per heavy atom. The van der Waals surface area contributed by atoms with Gasteiger partial charge in [-0.05, 0) is 38.0 Å². The van der Waals surface area contributed by atoms with Gasteiger partial charge in [0.1, 0.15) is 0 Å².